The van der Waals surface area contributed by atoms with Crippen molar-refractivity contribution in [2.45, 2.75) is 43.7 Å². The van der Waals surface area contributed by atoms with Crippen LogP contribution in [0, 0.1) is 0 Å². The van der Waals surface area contributed by atoms with Crippen LogP contribution in [-0.4, -0.2) is 55.5 Å². The molecule has 170 valence electrons. The number of methoxy groups -OCH3 is 1. The fourth-order valence-electron chi connectivity index (χ4n) is 4.23. The minimum absolute atomic E-state index is 0.0171. The highest BCUT2D eigenvalue weighted by atomic mass is 32.2. The normalized spacial score (nSPS) is 15.9. The number of para-hydroxylation sites is 1. The first-order chi connectivity index (χ1) is 15.3. The number of nitrogens with one attached hydrogen (secondary N) is 1. The summed E-state index contributed by atoms with van der Waals surface area (Å²) in [6.07, 6.45) is 1.68. The monoisotopic (exact) mass is 455 g/mol. The zero-order valence-electron chi connectivity index (χ0n) is 18.6. The molecule has 32 heavy (non-hydrogen) atoms. The van der Waals surface area contributed by atoms with Crippen molar-refractivity contribution < 1.29 is 17.9 Å². The summed E-state index contributed by atoms with van der Waals surface area (Å²) >= 11 is 0. The van der Waals surface area contributed by atoms with E-state index in [1.54, 1.807) is 30.3 Å². The Balaban J connectivity index is 1.70. The van der Waals surface area contributed by atoms with Gasteiger partial charge < -0.3 is 15.0 Å². The SMILES string of the molecule is COc1cccc(S(=O)(=O)n2c(C(=O)NC3CCN(C(C)C)CC3)cc3ccccc32)c1. The van der Waals surface area contributed by atoms with Gasteiger partial charge in [0.1, 0.15) is 11.4 Å². The summed E-state index contributed by atoms with van der Waals surface area (Å²) < 4.78 is 33.6. The molecule has 1 aliphatic rings. The third-order valence-corrected chi connectivity index (χ3v) is 7.80. The molecule has 0 unspecified atom stereocenters. The van der Waals surface area contributed by atoms with Crippen molar-refractivity contribution in [2.75, 3.05) is 20.2 Å². The van der Waals surface area contributed by atoms with Gasteiger partial charge in [0.2, 0.25) is 0 Å². The van der Waals surface area contributed by atoms with Gasteiger partial charge >= 0.3 is 0 Å². The zero-order valence-corrected chi connectivity index (χ0v) is 19.4. The first kappa shape index (κ1) is 22.4. The van der Waals surface area contributed by atoms with Gasteiger partial charge in [-0.3, -0.25) is 4.79 Å². The lowest BCUT2D eigenvalue weighted by Gasteiger charge is -2.34. The van der Waals surface area contributed by atoms with E-state index in [-0.39, 0.29) is 22.5 Å². The number of hydrogen-bond donors (Lipinski definition) is 1. The number of fused-ring (bicyclic) bond motifs is 1. The first-order valence-electron chi connectivity index (χ1n) is 10.9. The molecule has 3 aromatic rings. The second-order valence-electron chi connectivity index (χ2n) is 8.41. The first-order valence-corrected chi connectivity index (χ1v) is 12.3. The highest BCUT2D eigenvalue weighted by Crippen LogP contribution is 2.28. The summed E-state index contributed by atoms with van der Waals surface area (Å²) in [5.74, 6) is 0.0566. The lowest BCUT2D eigenvalue weighted by molar-refractivity contribution is 0.0895. The van der Waals surface area contributed by atoms with Gasteiger partial charge in [0.05, 0.1) is 17.5 Å². The van der Waals surface area contributed by atoms with Gasteiger partial charge in [-0.05, 0) is 51.0 Å². The predicted molar refractivity (Wildman–Crippen MR) is 125 cm³/mol. The zero-order chi connectivity index (χ0) is 22.9. The molecule has 1 saturated heterocycles. The van der Waals surface area contributed by atoms with Crippen molar-refractivity contribution in [1.82, 2.24) is 14.2 Å². The molecule has 8 heteroatoms. The molecule has 0 radical (unpaired) electrons. The third-order valence-electron chi connectivity index (χ3n) is 6.07. The Bertz CT molecular complexity index is 1230. The number of rotatable bonds is 6. The third kappa shape index (κ3) is 4.25. The van der Waals surface area contributed by atoms with Crippen LogP contribution in [0.3, 0.4) is 0 Å². The topological polar surface area (TPSA) is 80.6 Å². The molecule has 1 aliphatic heterocycles. The highest BCUT2D eigenvalue weighted by molar-refractivity contribution is 7.90. The van der Waals surface area contributed by atoms with Gasteiger partial charge in [-0.15, -0.1) is 0 Å². The molecule has 1 fully saturated rings. The fraction of sp³-hybridized carbons (Fsp3) is 0.375. The number of aromatic nitrogens is 1. The van der Waals surface area contributed by atoms with Gasteiger partial charge in [0.15, 0.2) is 0 Å². The Labute approximate surface area is 189 Å². The van der Waals surface area contributed by atoms with Crippen LogP contribution in [0.2, 0.25) is 0 Å². The van der Waals surface area contributed by atoms with Gasteiger partial charge in [0.25, 0.3) is 15.9 Å². The number of hydrogen-bond acceptors (Lipinski definition) is 5. The maximum absolute atomic E-state index is 13.6. The predicted octanol–water partition coefficient (Wildman–Crippen LogP) is 3.49. The summed E-state index contributed by atoms with van der Waals surface area (Å²) in [5, 5.41) is 3.76. The van der Waals surface area contributed by atoms with Gasteiger partial charge in [-0.2, -0.15) is 0 Å². The average Bonchev–Trinajstić information content (AvgIpc) is 3.20. The summed E-state index contributed by atoms with van der Waals surface area (Å²) in [6, 6.07) is 15.5. The van der Waals surface area contributed by atoms with Gasteiger partial charge in [-0.25, -0.2) is 12.4 Å². The molecule has 1 aromatic heterocycles. The smallest absolute Gasteiger partial charge is 0.269 e. The van der Waals surface area contributed by atoms with Crippen LogP contribution < -0.4 is 10.1 Å². The minimum Gasteiger partial charge on any atom is -0.497 e. The van der Waals surface area contributed by atoms with Crippen LogP contribution in [0.25, 0.3) is 10.9 Å². The van der Waals surface area contributed by atoms with E-state index >= 15 is 0 Å². The molecule has 1 amide bonds. The fourth-order valence-corrected chi connectivity index (χ4v) is 5.78. The summed E-state index contributed by atoms with van der Waals surface area (Å²) in [5.41, 5.74) is 0.579. The van der Waals surface area contributed by atoms with E-state index in [4.69, 9.17) is 4.74 Å². The largest absolute Gasteiger partial charge is 0.497 e. The van der Waals surface area contributed by atoms with Crippen molar-refractivity contribution in [1.29, 1.82) is 0 Å². The van der Waals surface area contributed by atoms with Crippen LogP contribution in [0.4, 0.5) is 0 Å². The number of piperidine rings is 1. The van der Waals surface area contributed by atoms with E-state index in [0.717, 1.165) is 29.9 Å². The number of amides is 1. The summed E-state index contributed by atoms with van der Waals surface area (Å²) in [4.78, 5) is 15.7. The molecule has 2 aromatic carbocycles. The summed E-state index contributed by atoms with van der Waals surface area (Å²) in [6.45, 7) is 6.16. The van der Waals surface area contributed by atoms with Crippen LogP contribution in [0.15, 0.2) is 59.5 Å². The molecule has 0 saturated carbocycles. The lowest BCUT2D eigenvalue weighted by atomic mass is 10.0. The van der Waals surface area contributed by atoms with E-state index in [0.29, 0.717) is 22.7 Å². The van der Waals surface area contributed by atoms with Crippen LogP contribution in [0.5, 0.6) is 5.75 Å². The van der Waals surface area contributed by atoms with Crippen LogP contribution in [-0.2, 0) is 10.0 Å². The Morgan fingerprint density at radius 1 is 1.06 bits per heavy atom. The van der Waals surface area contributed by atoms with E-state index in [9.17, 15) is 13.2 Å². The van der Waals surface area contributed by atoms with E-state index < -0.39 is 10.0 Å². The van der Waals surface area contributed by atoms with Crippen molar-refractivity contribution in [2.24, 2.45) is 0 Å². The van der Waals surface area contributed by atoms with Crippen LogP contribution in [0.1, 0.15) is 37.2 Å². The molecule has 4 rings (SSSR count). The van der Waals surface area contributed by atoms with Gasteiger partial charge in [-0.1, -0.05) is 24.3 Å². The quantitative estimate of drug-likeness (QED) is 0.615. The van der Waals surface area contributed by atoms with Crippen molar-refractivity contribution in [3.63, 3.8) is 0 Å². The van der Waals surface area contributed by atoms with Gasteiger partial charge in [0, 0.05) is 36.6 Å². The number of benzene rings is 2. The average molecular weight is 456 g/mol. The summed E-state index contributed by atoms with van der Waals surface area (Å²) in [7, 11) is -2.54. The van der Waals surface area contributed by atoms with Crippen LogP contribution >= 0.6 is 0 Å². The highest BCUT2D eigenvalue weighted by Gasteiger charge is 2.29. The van der Waals surface area contributed by atoms with Crippen molar-refractivity contribution in [3.8, 4) is 5.75 Å². The molecular weight excluding hydrogens is 426 g/mol. The molecule has 2 heterocycles. The Morgan fingerprint density at radius 3 is 2.47 bits per heavy atom. The Kier molecular flexibility index (Phi) is 6.26. The lowest BCUT2D eigenvalue weighted by Crippen LogP contribution is -2.47. The molecule has 0 atom stereocenters. The molecular formula is C24H29N3O4S. The maximum Gasteiger partial charge on any atom is 0.269 e. The second kappa shape index (κ2) is 8.96. The number of carbonyl (C=O) groups excluding carboxylic acids is 1. The number of nitrogens with zero attached hydrogens (tertiary/aromatic N) is 2. The molecule has 1 N–H and O–H groups in total. The Hall–Kier alpha value is -2.84. The number of ether oxygens (including phenoxy) is 1. The number of likely N-dealkylation sites (tertiary alicyclic amines) is 1. The van der Waals surface area contributed by atoms with E-state index in [1.807, 2.05) is 12.1 Å². The molecule has 0 bridgehead atoms. The Morgan fingerprint density at radius 2 is 1.78 bits per heavy atom. The van der Waals surface area contributed by atoms with E-state index in [2.05, 4.69) is 24.1 Å². The molecule has 0 spiro atoms. The van der Waals surface area contributed by atoms with Crippen molar-refractivity contribution in [3.05, 3.63) is 60.3 Å². The molecule has 0 aliphatic carbocycles. The minimum atomic E-state index is -4.02. The van der Waals surface area contributed by atoms with Crippen molar-refractivity contribution >= 4 is 26.8 Å². The standard InChI is InChI=1S/C24H29N3O4S/c1-17(2)26-13-11-19(12-14-26)25-24(28)23-15-18-7-4-5-10-22(18)27(23)32(29,30)21-9-6-8-20(16-21)31-3/h4-10,15-17,19H,11-14H2,1-3H3,(H,25,28). The second-order valence-corrected chi connectivity index (χ2v) is 10.2. The molecule has 7 nitrogen and oxygen atoms in total. The number of carbonyl (C=O) groups is 1. The van der Waals surface area contributed by atoms with E-state index in [1.165, 1.54) is 19.2 Å². The maximum atomic E-state index is 13.6.